The topological polar surface area (TPSA) is 85.2 Å². The van der Waals surface area contributed by atoms with Crippen molar-refractivity contribution in [3.05, 3.63) is 59.4 Å². The van der Waals surface area contributed by atoms with Gasteiger partial charge in [0.15, 0.2) is 0 Å². The van der Waals surface area contributed by atoms with Gasteiger partial charge >= 0.3 is 0 Å². The van der Waals surface area contributed by atoms with Crippen molar-refractivity contribution in [1.29, 1.82) is 0 Å². The van der Waals surface area contributed by atoms with E-state index in [9.17, 15) is 4.79 Å². The minimum atomic E-state index is -0.468. The zero-order chi connectivity index (χ0) is 14.5. The molecule has 104 valence electrons. The highest BCUT2D eigenvalue weighted by Gasteiger charge is 2.08. The summed E-state index contributed by atoms with van der Waals surface area (Å²) < 4.78 is 0. The Morgan fingerprint density at radius 3 is 2.65 bits per heavy atom. The van der Waals surface area contributed by atoms with E-state index in [0.29, 0.717) is 17.8 Å². The van der Waals surface area contributed by atoms with Gasteiger partial charge in [0.25, 0.3) is 0 Å². The first-order chi connectivity index (χ1) is 9.56. The molecule has 1 aromatic heterocycles. The van der Waals surface area contributed by atoms with Crippen molar-refractivity contribution < 1.29 is 4.79 Å². The SMILES string of the molecule is CN(Cc1ccccn1)Cc1ccc(C(N)=O)cc1N. The smallest absolute Gasteiger partial charge is 0.248 e. The van der Waals surface area contributed by atoms with Gasteiger partial charge in [0.05, 0.1) is 5.69 Å². The van der Waals surface area contributed by atoms with Crippen LogP contribution < -0.4 is 11.5 Å². The molecule has 5 nitrogen and oxygen atoms in total. The van der Waals surface area contributed by atoms with E-state index in [1.807, 2.05) is 31.3 Å². The van der Waals surface area contributed by atoms with Gasteiger partial charge in [-0.3, -0.25) is 14.7 Å². The lowest BCUT2D eigenvalue weighted by molar-refractivity contribution is 0.100. The largest absolute Gasteiger partial charge is 0.398 e. The third-order valence-electron chi connectivity index (χ3n) is 3.03. The standard InChI is InChI=1S/C15H18N4O/c1-19(10-13-4-2-3-7-18-13)9-12-6-5-11(15(17)20)8-14(12)16/h2-8H,9-10,16H2,1H3,(H2,17,20). The van der Waals surface area contributed by atoms with Crippen LogP contribution in [0.2, 0.25) is 0 Å². The van der Waals surface area contributed by atoms with Crippen molar-refractivity contribution in [1.82, 2.24) is 9.88 Å². The quantitative estimate of drug-likeness (QED) is 0.804. The molecule has 0 saturated heterocycles. The molecule has 4 N–H and O–H groups in total. The van der Waals surface area contributed by atoms with Gasteiger partial charge in [0, 0.05) is 30.5 Å². The lowest BCUT2D eigenvalue weighted by Crippen LogP contribution is -2.19. The number of carbonyl (C=O) groups excluding carboxylic acids is 1. The van der Waals surface area contributed by atoms with Crippen LogP contribution in [0, 0.1) is 0 Å². The maximum atomic E-state index is 11.1. The summed E-state index contributed by atoms with van der Waals surface area (Å²) in [6, 6.07) is 11.0. The van der Waals surface area contributed by atoms with E-state index >= 15 is 0 Å². The Balaban J connectivity index is 2.04. The van der Waals surface area contributed by atoms with Gasteiger partial charge in [-0.1, -0.05) is 12.1 Å². The first-order valence-corrected chi connectivity index (χ1v) is 6.33. The average molecular weight is 270 g/mol. The molecule has 0 atom stereocenters. The van der Waals surface area contributed by atoms with Crippen LogP contribution in [-0.2, 0) is 13.1 Å². The molecule has 0 aliphatic rings. The fourth-order valence-electron chi connectivity index (χ4n) is 2.01. The van der Waals surface area contributed by atoms with E-state index < -0.39 is 5.91 Å². The number of anilines is 1. The van der Waals surface area contributed by atoms with Crippen LogP contribution in [0.1, 0.15) is 21.6 Å². The number of hydrogen-bond donors (Lipinski definition) is 2. The first-order valence-electron chi connectivity index (χ1n) is 6.33. The van der Waals surface area contributed by atoms with Crippen molar-refractivity contribution in [2.45, 2.75) is 13.1 Å². The zero-order valence-electron chi connectivity index (χ0n) is 11.4. The Hall–Kier alpha value is -2.40. The fourth-order valence-corrected chi connectivity index (χ4v) is 2.01. The Morgan fingerprint density at radius 1 is 1.25 bits per heavy atom. The molecule has 2 rings (SSSR count). The lowest BCUT2D eigenvalue weighted by atomic mass is 10.1. The van der Waals surface area contributed by atoms with Crippen LogP contribution in [0.3, 0.4) is 0 Å². The molecule has 1 aromatic carbocycles. The monoisotopic (exact) mass is 270 g/mol. The number of primary amides is 1. The lowest BCUT2D eigenvalue weighted by Gasteiger charge is -2.17. The highest BCUT2D eigenvalue weighted by Crippen LogP contribution is 2.16. The summed E-state index contributed by atoms with van der Waals surface area (Å²) in [4.78, 5) is 17.5. The molecular weight excluding hydrogens is 252 g/mol. The molecule has 0 aliphatic heterocycles. The molecule has 5 heteroatoms. The summed E-state index contributed by atoms with van der Waals surface area (Å²) in [5.41, 5.74) is 14.1. The van der Waals surface area contributed by atoms with Crippen LogP contribution >= 0.6 is 0 Å². The molecule has 20 heavy (non-hydrogen) atoms. The second-order valence-corrected chi connectivity index (χ2v) is 4.77. The minimum absolute atomic E-state index is 0.429. The van der Waals surface area contributed by atoms with Gasteiger partial charge in [-0.2, -0.15) is 0 Å². The molecule has 0 radical (unpaired) electrons. The van der Waals surface area contributed by atoms with Crippen molar-refractivity contribution in [3.63, 3.8) is 0 Å². The number of nitrogen functional groups attached to an aromatic ring is 1. The summed E-state index contributed by atoms with van der Waals surface area (Å²) in [6.07, 6.45) is 1.78. The van der Waals surface area contributed by atoms with Crippen molar-refractivity contribution in [3.8, 4) is 0 Å². The van der Waals surface area contributed by atoms with Crippen LogP contribution in [0.5, 0.6) is 0 Å². The average Bonchev–Trinajstić information content (AvgIpc) is 2.42. The molecule has 1 amide bonds. The normalized spacial score (nSPS) is 10.7. The number of hydrogen-bond acceptors (Lipinski definition) is 4. The van der Waals surface area contributed by atoms with Gasteiger partial charge in [-0.25, -0.2) is 0 Å². The summed E-state index contributed by atoms with van der Waals surface area (Å²) in [7, 11) is 2.00. The number of nitrogens with two attached hydrogens (primary N) is 2. The fraction of sp³-hybridized carbons (Fsp3) is 0.200. The Kier molecular flexibility index (Phi) is 4.32. The van der Waals surface area contributed by atoms with E-state index in [2.05, 4.69) is 9.88 Å². The number of benzene rings is 1. The van der Waals surface area contributed by atoms with Crippen molar-refractivity contribution >= 4 is 11.6 Å². The van der Waals surface area contributed by atoms with Crippen LogP contribution in [0.25, 0.3) is 0 Å². The van der Waals surface area contributed by atoms with Crippen molar-refractivity contribution in [2.75, 3.05) is 12.8 Å². The van der Waals surface area contributed by atoms with Crippen LogP contribution in [0.4, 0.5) is 5.69 Å². The van der Waals surface area contributed by atoms with Gasteiger partial charge in [-0.15, -0.1) is 0 Å². The van der Waals surface area contributed by atoms with Crippen molar-refractivity contribution in [2.24, 2.45) is 5.73 Å². The van der Waals surface area contributed by atoms with E-state index in [1.165, 1.54) is 0 Å². The summed E-state index contributed by atoms with van der Waals surface area (Å²) in [5, 5.41) is 0. The van der Waals surface area contributed by atoms with Gasteiger partial charge in [0.2, 0.25) is 5.91 Å². The number of pyridine rings is 1. The van der Waals surface area contributed by atoms with Gasteiger partial charge in [-0.05, 0) is 36.9 Å². The van der Waals surface area contributed by atoms with Gasteiger partial charge in [0.1, 0.15) is 0 Å². The molecule has 0 saturated carbocycles. The predicted molar refractivity (Wildman–Crippen MR) is 78.8 cm³/mol. The maximum Gasteiger partial charge on any atom is 0.248 e. The number of nitrogens with zero attached hydrogens (tertiary/aromatic N) is 2. The summed E-state index contributed by atoms with van der Waals surface area (Å²) in [5.74, 6) is -0.468. The van der Waals surface area contributed by atoms with Crippen LogP contribution in [0.15, 0.2) is 42.6 Å². The molecule has 1 heterocycles. The summed E-state index contributed by atoms with van der Waals surface area (Å²) in [6.45, 7) is 1.42. The van der Waals surface area contributed by atoms with Crippen LogP contribution in [-0.4, -0.2) is 22.8 Å². The number of aromatic nitrogens is 1. The molecule has 0 spiro atoms. The highest BCUT2D eigenvalue weighted by atomic mass is 16.1. The maximum absolute atomic E-state index is 11.1. The molecular formula is C15H18N4O. The molecule has 2 aromatic rings. The molecule has 0 fully saturated rings. The van der Waals surface area contributed by atoms with Gasteiger partial charge < -0.3 is 11.5 Å². The predicted octanol–water partition coefficient (Wildman–Crippen LogP) is 1.39. The van der Waals surface area contributed by atoms with E-state index in [1.54, 1.807) is 18.3 Å². The van der Waals surface area contributed by atoms with E-state index in [4.69, 9.17) is 11.5 Å². The Labute approximate surface area is 118 Å². The number of rotatable bonds is 5. The molecule has 0 bridgehead atoms. The highest BCUT2D eigenvalue weighted by molar-refractivity contribution is 5.93. The second-order valence-electron chi connectivity index (χ2n) is 4.77. The number of carbonyl (C=O) groups is 1. The Bertz CT molecular complexity index is 598. The minimum Gasteiger partial charge on any atom is -0.398 e. The number of amides is 1. The second kappa shape index (κ2) is 6.16. The molecule has 0 unspecified atom stereocenters. The van der Waals surface area contributed by atoms with E-state index in [0.717, 1.165) is 17.8 Å². The van der Waals surface area contributed by atoms with E-state index in [-0.39, 0.29) is 0 Å². The first kappa shape index (κ1) is 14.0. The third kappa shape index (κ3) is 3.55. The summed E-state index contributed by atoms with van der Waals surface area (Å²) >= 11 is 0. The third-order valence-corrected chi connectivity index (χ3v) is 3.03. The Morgan fingerprint density at radius 2 is 2.05 bits per heavy atom. The zero-order valence-corrected chi connectivity index (χ0v) is 11.4. The molecule has 0 aliphatic carbocycles.